The molecule has 6 aromatic heterocycles. The smallest absolute Gasteiger partial charge is 0.0620 e. The van der Waals surface area contributed by atoms with Crippen LogP contribution in [0.25, 0.3) is 276 Å². The lowest BCUT2D eigenvalue weighted by atomic mass is 9.95. The molecule has 6 heterocycles. The highest BCUT2D eigenvalue weighted by molar-refractivity contribution is 6.24. The third-order valence-corrected chi connectivity index (χ3v) is 30.2. The molecule has 6 nitrogen and oxygen atoms in total. The highest BCUT2D eigenvalue weighted by atomic mass is 15.0. The van der Waals surface area contributed by atoms with E-state index in [4.69, 9.17) is 0 Å². The molecule has 0 atom stereocenters. The summed E-state index contributed by atoms with van der Waals surface area (Å²) >= 11 is 0. The fraction of sp³-hybridized carbons (Fsp3) is 0. The molecule has 0 aliphatic carbocycles. The molecule has 144 heavy (non-hydrogen) atoms. The van der Waals surface area contributed by atoms with Gasteiger partial charge in [0.25, 0.3) is 0 Å². The molecule has 0 radical (unpaired) electrons. The van der Waals surface area contributed by atoms with Crippen LogP contribution in [0, 0.1) is 0 Å². The lowest BCUT2D eigenvalue weighted by Crippen LogP contribution is -1.98. The average Bonchev–Trinajstić information content (AvgIpc) is 1.57. The third-order valence-electron chi connectivity index (χ3n) is 30.2. The van der Waals surface area contributed by atoms with Crippen LogP contribution < -0.4 is 0 Å². The minimum Gasteiger partial charge on any atom is -0.309 e. The number of hydrogen-bond acceptors (Lipinski definition) is 0. The number of hydrogen-bond donors (Lipinski definition) is 0. The van der Waals surface area contributed by atoms with E-state index in [0.717, 1.165) is 145 Å². The van der Waals surface area contributed by atoms with E-state index in [1.54, 1.807) is 0 Å². The van der Waals surface area contributed by atoms with Gasteiger partial charge in [-0.2, -0.15) is 0 Å². The molecule has 23 aromatic carbocycles. The second-order valence-corrected chi connectivity index (χ2v) is 38.1. The summed E-state index contributed by atoms with van der Waals surface area (Å²) in [5.74, 6) is 0. The first-order valence-corrected chi connectivity index (χ1v) is 49.7. The molecule has 0 aliphatic heterocycles. The maximum absolute atomic E-state index is 2.52. The maximum atomic E-state index is 2.52. The third kappa shape index (κ3) is 13.2. The van der Waals surface area contributed by atoms with Crippen molar-refractivity contribution in [3.8, 4) is 145 Å². The minimum atomic E-state index is 1.08. The van der Waals surface area contributed by atoms with E-state index < -0.39 is 0 Å². The van der Waals surface area contributed by atoms with E-state index in [1.807, 2.05) is 0 Å². The number of benzene rings is 23. The summed E-state index contributed by atoms with van der Waals surface area (Å²) in [6, 6.07) is 198. The second-order valence-electron chi connectivity index (χ2n) is 38.1. The Hall–Kier alpha value is -19.1. The normalized spacial score (nSPS) is 11.9. The predicted octanol–water partition coefficient (Wildman–Crippen LogP) is 36.9. The molecule has 0 bridgehead atoms. The van der Waals surface area contributed by atoms with Gasteiger partial charge in [-0.3, -0.25) is 0 Å². The summed E-state index contributed by atoms with van der Waals surface area (Å²) in [6.07, 6.45) is 0. The van der Waals surface area contributed by atoms with Crippen molar-refractivity contribution in [3.05, 3.63) is 534 Å². The van der Waals surface area contributed by atoms with E-state index >= 15 is 0 Å². The Morgan fingerprint density at radius 1 is 0.0972 bits per heavy atom. The van der Waals surface area contributed by atoms with Crippen LogP contribution in [0.2, 0.25) is 0 Å². The first-order valence-electron chi connectivity index (χ1n) is 49.7. The first-order chi connectivity index (χ1) is 71.4. The van der Waals surface area contributed by atoms with Gasteiger partial charge >= 0.3 is 0 Å². The van der Waals surface area contributed by atoms with Crippen LogP contribution in [0.5, 0.6) is 0 Å². The van der Waals surface area contributed by atoms with Crippen LogP contribution in [0.1, 0.15) is 0 Å². The lowest BCUT2D eigenvalue weighted by Gasteiger charge is -2.16. The van der Waals surface area contributed by atoms with Gasteiger partial charge in [0.1, 0.15) is 0 Å². The Balaban J connectivity index is 0.502. The number of para-hydroxylation sites is 8. The summed E-state index contributed by atoms with van der Waals surface area (Å²) in [5, 5.41) is 14.6. The van der Waals surface area contributed by atoms with Crippen LogP contribution in [0.4, 0.5) is 0 Å². The molecule has 0 fully saturated rings. The SMILES string of the molecule is c1ccc(-c2ccc(-n3c4ccccc4c4c(-c5cccc6c5c5ccccc5n6-c5cc(-c6ccccc6)cc(-c6cccc(-c7ccc(-n8c9ccccc9c9cccc(-c%10cccc%11c%12ccccc%12n(-c%12cccc(-c%13cccc(-c%14cccc(-n%15c%16ccccc%16c%16ccc(-c%17cccc%18c%17c%17ccccc%17n%18-c%17cccc(-c%18ccccc%18)c%17)cc%16%15)c%14)c%13)c%12)c%10%11)c98)cc7)c6)c5)cccc43)cc2)cc1. The molecule has 0 amide bonds. The van der Waals surface area contributed by atoms with Gasteiger partial charge in [-0.1, -0.05) is 382 Å². The number of rotatable bonds is 16. The predicted molar refractivity (Wildman–Crippen MR) is 607 cm³/mol. The molecule has 6 heteroatoms. The zero-order valence-corrected chi connectivity index (χ0v) is 78.5. The van der Waals surface area contributed by atoms with Gasteiger partial charge in [-0.15, -0.1) is 0 Å². The van der Waals surface area contributed by atoms with Crippen molar-refractivity contribution in [2.45, 2.75) is 0 Å². The fourth-order valence-corrected chi connectivity index (χ4v) is 23.8. The highest BCUT2D eigenvalue weighted by Gasteiger charge is 2.28. The van der Waals surface area contributed by atoms with Crippen molar-refractivity contribution in [1.82, 2.24) is 27.4 Å². The van der Waals surface area contributed by atoms with Gasteiger partial charge in [-0.05, 0) is 252 Å². The van der Waals surface area contributed by atoms with E-state index in [1.165, 1.54) is 131 Å². The van der Waals surface area contributed by atoms with E-state index in [-0.39, 0.29) is 0 Å². The largest absolute Gasteiger partial charge is 0.309 e. The van der Waals surface area contributed by atoms with Gasteiger partial charge in [0.05, 0.1) is 66.2 Å². The number of nitrogens with zero attached hydrogens (tertiary/aromatic N) is 6. The summed E-state index contributed by atoms with van der Waals surface area (Å²) < 4.78 is 14.9. The minimum absolute atomic E-state index is 1.08. The molecule has 0 unspecified atom stereocenters. The molecule has 0 saturated heterocycles. The lowest BCUT2D eigenvalue weighted by molar-refractivity contribution is 1.17. The van der Waals surface area contributed by atoms with Gasteiger partial charge in [0.15, 0.2) is 0 Å². The monoisotopic (exact) mass is 1830 g/mol. The molecular formula is C138H88N6. The zero-order chi connectivity index (χ0) is 94.6. The van der Waals surface area contributed by atoms with Crippen molar-refractivity contribution in [2.24, 2.45) is 0 Å². The van der Waals surface area contributed by atoms with Gasteiger partial charge in [0.2, 0.25) is 0 Å². The molecule has 29 rings (SSSR count). The van der Waals surface area contributed by atoms with Crippen LogP contribution in [0.15, 0.2) is 534 Å². The molecule has 670 valence electrons. The van der Waals surface area contributed by atoms with Crippen LogP contribution in [-0.2, 0) is 0 Å². The molecule has 0 aliphatic rings. The van der Waals surface area contributed by atoms with Gasteiger partial charge < -0.3 is 27.4 Å². The van der Waals surface area contributed by atoms with Crippen LogP contribution in [0.3, 0.4) is 0 Å². The van der Waals surface area contributed by atoms with Crippen molar-refractivity contribution in [2.75, 3.05) is 0 Å². The summed E-state index contributed by atoms with van der Waals surface area (Å²) in [5.41, 5.74) is 43.8. The highest BCUT2D eigenvalue weighted by Crippen LogP contribution is 2.51. The van der Waals surface area contributed by atoms with Gasteiger partial charge in [-0.25, -0.2) is 0 Å². The Labute approximate surface area is 831 Å². The van der Waals surface area contributed by atoms with Crippen LogP contribution >= 0.6 is 0 Å². The molecule has 0 spiro atoms. The first kappa shape index (κ1) is 82.0. The Morgan fingerprint density at radius 3 is 0.806 bits per heavy atom. The zero-order valence-electron chi connectivity index (χ0n) is 78.5. The standard InChI is InChI=1S/C138H88N6/c1-4-32-89(33-5-1)92-70-75-104(76-71-92)139-127-64-19-14-52-122(127)135-115(55-30-68-131(135)139)116-56-31-69-132-136(116)123-53-15-21-66-129(123)142(132)109-86-102(91-36-8-3-9-37-91)82-103(87-109)97-41-22-38-94(80-97)93-72-77-105(78-73-93)143-125-62-17-11-49-112(125)117-57-27-59-119(137(117)143)120-60-28-58-118-113-50-12-18-63-126(113)144(138(118)120)108-47-26-44-100(85-108)96-40-23-39-95(81-96)99-43-25-46-107(84-99)141-124-61-16-10-48-111(124)114-79-74-101(88-133(114)141)110-54-29-67-130-134(110)121-51-13-20-65-128(121)140(130)106-45-24-42-98(83-106)90-34-6-2-7-35-90/h1-88H. The fourth-order valence-electron chi connectivity index (χ4n) is 23.8. The molecule has 0 saturated carbocycles. The Kier molecular flexibility index (Phi) is 19.0. The van der Waals surface area contributed by atoms with Crippen LogP contribution in [-0.4, -0.2) is 27.4 Å². The van der Waals surface area contributed by atoms with Crippen molar-refractivity contribution in [1.29, 1.82) is 0 Å². The second kappa shape index (κ2) is 33.3. The Bertz CT molecular complexity index is 10300. The molecule has 29 aromatic rings. The number of fused-ring (bicyclic) bond motifs is 18. The quantitative estimate of drug-likeness (QED) is 0.0923. The molecular weight excluding hydrogens is 1740 g/mol. The van der Waals surface area contributed by atoms with Crippen molar-refractivity contribution < 1.29 is 0 Å². The Morgan fingerprint density at radius 2 is 0.333 bits per heavy atom. The molecule has 0 N–H and O–H groups in total. The number of aromatic nitrogens is 6. The van der Waals surface area contributed by atoms with Crippen molar-refractivity contribution in [3.63, 3.8) is 0 Å². The average molecular weight is 1830 g/mol. The van der Waals surface area contributed by atoms with E-state index in [0.29, 0.717) is 0 Å². The van der Waals surface area contributed by atoms with E-state index in [9.17, 15) is 0 Å². The van der Waals surface area contributed by atoms with Gasteiger partial charge in [0, 0.05) is 110 Å². The summed E-state index contributed by atoms with van der Waals surface area (Å²) in [6.45, 7) is 0. The van der Waals surface area contributed by atoms with E-state index in [2.05, 4.69) is 561 Å². The topological polar surface area (TPSA) is 29.6 Å². The summed E-state index contributed by atoms with van der Waals surface area (Å²) in [4.78, 5) is 0. The van der Waals surface area contributed by atoms with Crippen molar-refractivity contribution >= 4 is 131 Å². The maximum Gasteiger partial charge on any atom is 0.0620 e. The summed E-state index contributed by atoms with van der Waals surface area (Å²) in [7, 11) is 0.